The van der Waals surface area contributed by atoms with Crippen molar-refractivity contribution in [2.45, 2.75) is 5.16 Å². The molecule has 98 valence electrons. The Morgan fingerprint density at radius 2 is 2.11 bits per heavy atom. The van der Waals surface area contributed by atoms with Crippen LogP contribution in [0.4, 0.5) is 5.00 Å². The van der Waals surface area contributed by atoms with Gasteiger partial charge in [-0.3, -0.25) is 9.59 Å². The first-order chi connectivity index (χ1) is 9.16. The molecule has 0 bridgehead atoms. The second-order valence-corrected chi connectivity index (χ2v) is 5.25. The number of primary amides is 1. The maximum atomic E-state index is 11.7. The summed E-state index contributed by atoms with van der Waals surface area (Å²) in [7, 11) is 0. The zero-order valence-electron chi connectivity index (χ0n) is 9.70. The molecule has 0 saturated carbocycles. The van der Waals surface area contributed by atoms with Gasteiger partial charge in [-0.25, -0.2) is 9.97 Å². The van der Waals surface area contributed by atoms with Gasteiger partial charge in [-0.05, 0) is 17.5 Å². The third kappa shape index (κ3) is 3.76. The molecule has 19 heavy (non-hydrogen) atoms. The van der Waals surface area contributed by atoms with Crippen LogP contribution in [0.3, 0.4) is 0 Å². The van der Waals surface area contributed by atoms with Gasteiger partial charge in [0.1, 0.15) is 5.00 Å². The van der Waals surface area contributed by atoms with Crippen LogP contribution in [0.15, 0.2) is 35.1 Å². The number of hydrogen-bond acceptors (Lipinski definition) is 6. The van der Waals surface area contributed by atoms with Gasteiger partial charge in [0.05, 0.1) is 11.3 Å². The number of carbonyl (C=O) groups excluding carboxylic acids is 2. The lowest BCUT2D eigenvalue weighted by molar-refractivity contribution is -0.113. The molecule has 0 radical (unpaired) electrons. The molecule has 0 aliphatic heterocycles. The number of thioether (sulfide) groups is 1. The van der Waals surface area contributed by atoms with Crippen LogP contribution < -0.4 is 11.1 Å². The number of nitrogens with one attached hydrogen (secondary N) is 1. The Morgan fingerprint density at radius 3 is 2.79 bits per heavy atom. The molecule has 0 fully saturated rings. The maximum absolute atomic E-state index is 11.7. The number of nitrogens with zero attached hydrogens (tertiary/aromatic N) is 2. The number of anilines is 1. The van der Waals surface area contributed by atoms with E-state index in [1.54, 1.807) is 29.9 Å². The summed E-state index contributed by atoms with van der Waals surface area (Å²) >= 11 is 2.47. The average Bonchev–Trinajstić information content (AvgIpc) is 2.86. The Hall–Kier alpha value is -1.93. The standard InChI is InChI=1S/C11H10N4O2S2/c12-9(17)7-2-5-18-10(7)15-8(16)6-19-11-13-3-1-4-14-11/h1-5H,6H2,(H2,12,17)(H,15,16). The first-order valence-electron chi connectivity index (χ1n) is 5.24. The van der Waals surface area contributed by atoms with Gasteiger partial charge in [0.25, 0.3) is 5.91 Å². The van der Waals surface area contributed by atoms with Gasteiger partial charge in [0, 0.05) is 12.4 Å². The minimum Gasteiger partial charge on any atom is -0.366 e. The van der Waals surface area contributed by atoms with E-state index in [1.807, 2.05) is 0 Å². The molecule has 0 unspecified atom stereocenters. The number of aromatic nitrogens is 2. The smallest absolute Gasteiger partial charge is 0.251 e. The van der Waals surface area contributed by atoms with Gasteiger partial charge < -0.3 is 11.1 Å². The summed E-state index contributed by atoms with van der Waals surface area (Å²) in [6.07, 6.45) is 3.22. The van der Waals surface area contributed by atoms with Crippen molar-refractivity contribution < 1.29 is 9.59 Å². The second kappa shape index (κ2) is 6.30. The van der Waals surface area contributed by atoms with E-state index in [-0.39, 0.29) is 11.7 Å². The predicted octanol–water partition coefficient (Wildman–Crippen LogP) is 1.37. The minimum atomic E-state index is -0.560. The minimum absolute atomic E-state index is 0.167. The van der Waals surface area contributed by atoms with E-state index in [0.29, 0.717) is 15.7 Å². The average molecular weight is 294 g/mol. The topological polar surface area (TPSA) is 98.0 Å². The highest BCUT2D eigenvalue weighted by atomic mass is 32.2. The molecule has 2 amide bonds. The summed E-state index contributed by atoms with van der Waals surface area (Å²) in [6, 6.07) is 3.28. The van der Waals surface area contributed by atoms with E-state index in [2.05, 4.69) is 15.3 Å². The molecule has 2 rings (SSSR count). The fourth-order valence-electron chi connectivity index (χ4n) is 1.25. The van der Waals surface area contributed by atoms with Crippen LogP contribution in [0.25, 0.3) is 0 Å². The van der Waals surface area contributed by atoms with Gasteiger partial charge in [-0.1, -0.05) is 11.8 Å². The first kappa shape index (κ1) is 13.5. The highest BCUT2D eigenvalue weighted by molar-refractivity contribution is 7.99. The molecule has 0 aliphatic carbocycles. The fourth-order valence-corrected chi connectivity index (χ4v) is 2.66. The van der Waals surface area contributed by atoms with Crippen LogP contribution in [0, 0.1) is 0 Å². The summed E-state index contributed by atoms with van der Waals surface area (Å²) < 4.78 is 0. The number of nitrogens with two attached hydrogens (primary N) is 1. The van der Waals surface area contributed by atoms with Crippen molar-refractivity contribution in [3.63, 3.8) is 0 Å². The Labute approximate surface area is 117 Å². The summed E-state index contributed by atoms with van der Waals surface area (Å²) in [5, 5.41) is 5.33. The molecular weight excluding hydrogens is 284 g/mol. The zero-order valence-corrected chi connectivity index (χ0v) is 11.3. The van der Waals surface area contributed by atoms with Crippen LogP contribution in [0.2, 0.25) is 0 Å². The zero-order chi connectivity index (χ0) is 13.7. The fraction of sp³-hybridized carbons (Fsp3) is 0.0909. The Bertz CT molecular complexity index is 585. The molecule has 2 aromatic rings. The molecule has 0 aliphatic rings. The van der Waals surface area contributed by atoms with E-state index in [9.17, 15) is 9.59 Å². The second-order valence-electron chi connectivity index (χ2n) is 3.40. The van der Waals surface area contributed by atoms with E-state index in [1.165, 1.54) is 23.1 Å². The van der Waals surface area contributed by atoms with E-state index < -0.39 is 5.91 Å². The summed E-state index contributed by atoms with van der Waals surface area (Å²) in [6.45, 7) is 0. The molecule has 0 atom stereocenters. The monoisotopic (exact) mass is 294 g/mol. The van der Waals surface area contributed by atoms with Crippen molar-refractivity contribution in [3.8, 4) is 0 Å². The highest BCUT2D eigenvalue weighted by Crippen LogP contribution is 2.23. The van der Waals surface area contributed by atoms with Crippen molar-refractivity contribution in [1.29, 1.82) is 0 Å². The molecule has 0 saturated heterocycles. The molecular formula is C11H10N4O2S2. The maximum Gasteiger partial charge on any atom is 0.251 e. The quantitative estimate of drug-likeness (QED) is 0.641. The first-order valence-corrected chi connectivity index (χ1v) is 7.10. The van der Waals surface area contributed by atoms with E-state index >= 15 is 0 Å². The van der Waals surface area contributed by atoms with Crippen LogP contribution in [0.1, 0.15) is 10.4 Å². The van der Waals surface area contributed by atoms with Crippen molar-refractivity contribution in [2.24, 2.45) is 5.73 Å². The lowest BCUT2D eigenvalue weighted by Crippen LogP contribution is -2.17. The predicted molar refractivity (Wildman–Crippen MR) is 74.2 cm³/mol. The van der Waals surface area contributed by atoms with Crippen molar-refractivity contribution in [1.82, 2.24) is 9.97 Å². The van der Waals surface area contributed by atoms with Crippen LogP contribution >= 0.6 is 23.1 Å². The Morgan fingerprint density at radius 1 is 1.37 bits per heavy atom. The van der Waals surface area contributed by atoms with E-state index in [4.69, 9.17) is 5.73 Å². The number of amides is 2. The third-order valence-corrected chi connectivity index (χ3v) is 3.76. The number of rotatable bonds is 5. The van der Waals surface area contributed by atoms with Crippen LogP contribution in [-0.4, -0.2) is 27.5 Å². The largest absolute Gasteiger partial charge is 0.366 e. The van der Waals surface area contributed by atoms with Gasteiger partial charge in [-0.15, -0.1) is 11.3 Å². The molecule has 3 N–H and O–H groups in total. The third-order valence-electron chi connectivity index (χ3n) is 2.06. The lowest BCUT2D eigenvalue weighted by atomic mass is 10.3. The molecule has 6 nitrogen and oxygen atoms in total. The van der Waals surface area contributed by atoms with Crippen LogP contribution in [0.5, 0.6) is 0 Å². The Balaban J connectivity index is 1.91. The lowest BCUT2D eigenvalue weighted by Gasteiger charge is -2.03. The van der Waals surface area contributed by atoms with E-state index in [0.717, 1.165) is 0 Å². The van der Waals surface area contributed by atoms with Crippen LogP contribution in [-0.2, 0) is 4.79 Å². The Kier molecular flexibility index (Phi) is 4.48. The van der Waals surface area contributed by atoms with Gasteiger partial charge in [0.2, 0.25) is 5.91 Å². The van der Waals surface area contributed by atoms with Crippen molar-refractivity contribution >= 4 is 39.9 Å². The van der Waals surface area contributed by atoms with Crippen molar-refractivity contribution in [3.05, 3.63) is 35.5 Å². The summed E-state index contributed by atoms with van der Waals surface area (Å²) in [5.74, 6) is -0.627. The molecule has 2 heterocycles. The number of carbonyl (C=O) groups is 2. The SMILES string of the molecule is NC(=O)c1ccsc1NC(=O)CSc1ncccn1. The molecule has 0 aromatic carbocycles. The molecule has 8 heteroatoms. The summed E-state index contributed by atoms with van der Waals surface area (Å²) in [5.41, 5.74) is 5.51. The number of hydrogen-bond donors (Lipinski definition) is 2. The van der Waals surface area contributed by atoms with Gasteiger partial charge in [-0.2, -0.15) is 0 Å². The van der Waals surface area contributed by atoms with Gasteiger partial charge >= 0.3 is 0 Å². The van der Waals surface area contributed by atoms with Gasteiger partial charge in [0.15, 0.2) is 5.16 Å². The number of thiophene rings is 1. The highest BCUT2D eigenvalue weighted by Gasteiger charge is 2.12. The van der Waals surface area contributed by atoms with Crippen molar-refractivity contribution in [2.75, 3.05) is 11.1 Å². The molecule has 0 spiro atoms. The summed E-state index contributed by atoms with van der Waals surface area (Å²) in [4.78, 5) is 30.8. The molecule has 2 aromatic heterocycles. The normalized spacial score (nSPS) is 10.1.